The van der Waals surface area contributed by atoms with Crippen LogP contribution >= 0.6 is 0 Å². The van der Waals surface area contributed by atoms with Gasteiger partial charge < -0.3 is 4.90 Å². The van der Waals surface area contributed by atoms with E-state index in [4.69, 9.17) is 5.26 Å². The number of nitrogens with zero attached hydrogens (tertiary/aromatic N) is 4. The summed E-state index contributed by atoms with van der Waals surface area (Å²) in [7, 11) is 0. The van der Waals surface area contributed by atoms with E-state index in [1.807, 2.05) is 12.4 Å². The fraction of sp³-hybridized carbons (Fsp3) is 0.615. The molecule has 0 N–H and O–H groups in total. The zero-order valence-electron chi connectivity index (χ0n) is 9.63. The first-order chi connectivity index (χ1) is 8.31. The second kappa shape index (κ2) is 2.98. The van der Waals surface area contributed by atoms with E-state index in [1.165, 1.54) is 18.4 Å². The van der Waals surface area contributed by atoms with Crippen LogP contribution in [0.25, 0.3) is 0 Å². The van der Waals surface area contributed by atoms with Crippen LogP contribution in [-0.2, 0) is 0 Å². The highest BCUT2D eigenvalue weighted by Crippen LogP contribution is 2.57. The van der Waals surface area contributed by atoms with E-state index in [9.17, 15) is 0 Å². The fourth-order valence-corrected chi connectivity index (χ4v) is 2.93. The minimum absolute atomic E-state index is 0.0709. The van der Waals surface area contributed by atoms with Gasteiger partial charge >= 0.3 is 0 Å². The van der Waals surface area contributed by atoms with E-state index in [0.29, 0.717) is 11.8 Å². The number of piperidine rings is 1. The summed E-state index contributed by atoms with van der Waals surface area (Å²) in [6.45, 7) is 1.77. The van der Waals surface area contributed by atoms with Gasteiger partial charge in [-0.25, -0.2) is 9.97 Å². The molecule has 17 heavy (non-hydrogen) atoms. The molecule has 2 aliphatic carbocycles. The molecule has 4 heteroatoms. The standard InChI is InChI=1S/C13H14N4/c14-7-13-3-11(13)6-17(8-13)12-15-4-10(5-16-12)9-1-2-9/h4-5,9,11H,1-3,6,8H2. The van der Waals surface area contributed by atoms with Gasteiger partial charge in [0.25, 0.3) is 0 Å². The average Bonchev–Trinajstić information content (AvgIpc) is 3.29. The van der Waals surface area contributed by atoms with Crippen LogP contribution in [0.4, 0.5) is 5.95 Å². The maximum atomic E-state index is 9.14. The van der Waals surface area contributed by atoms with E-state index in [2.05, 4.69) is 20.9 Å². The molecule has 1 saturated heterocycles. The zero-order chi connectivity index (χ0) is 11.5. The molecule has 1 aromatic heterocycles. The maximum absolute atomic E-state index is 9.14. The van der Waals surface area contributed by atoms with Crippen molar-refractivity contribution in [1.29, 1.82) is 5.26 Å². The molecule has 2 unspecified atom stereocenters. The summed E-state index contributed by atoms with van der Waals surface area (Å²) in [6, 6.07) is 2.46. The van der Waals surface area contributed by atoms with Gasteiger partial charge in [-0.1, -0.05) is 0 Å². The molecule has 0 radical (unpaired) electrons. The summed E-state index contributed by atoms with van der Waals surface area (Å²) in [6.07, 6.45) is 7.56. The first-order valence-electron chi connectivity index (χ1n) is 6.29. The maximum Gasteiger partial charge on any atom is 0.225 e. The molecule has 1 aliphatic heterocycles. The van der Waals surface area contributed by atoms with Gasteiger partial charge in [0, 0.05) is 25.5 Å². The Morgan fingerprint density at radius 2 is 2.12 bits per heavy atom. The van der Waals surface area contributed by atoms with Crippen LogP contribution in [0, 0.1) is 22.7 Å². The second-order valence-electron chi connectivity index (χ2n) is 5.64. The Morgan fingerprint density at radius 3 is 2.71 bits per heavy atom. The third kappa shape index (κ3) is 1.35. The van der Waals surface area contributed by atoms with Crippen LogP contribution in [0.3, 0.4) is 0 Å². The third-order valence-electron chi connectivity index (χ3n) is 4.36. The minimum atomic E-state index is -0.0709. The van der Waals surface area contributed by atoms with E-state index >= 15 is 0 Å². The molecule has 1 aromatic rings. The first kappa shape index (κ1) is 9.41. The number of aromatic nitrogens is 2. The highest BCUT2D eigenvalue weighted by Gasteiger charge is 2.61. The Labute approximate surface area is 100 Å². The Hall–Kier alpha value is -1.63. The van der Waals surface area contributed by atoms with Gasteiger partial charge in [0.15, 0.2) is 0 Å². The monoisotopic (exact) mass is 226 g/mol. The molecule has 0 spiro atoms. The van der Waals surface area contributed by atoms with E-state index < -0.39 is 0 Å². The van der Waals surface area contributed by atoms with Crippen LogP contribution in [-0.4, -0.2) is 23.1 Å². The van der Waals surface area contributed by atoms with Gasteiger partial charge in [-0.05, 0) is 36.7 Å². The fourth-order valence-electron chi connectivity index (χ4n) is 2.93. The average molecular weight is 226 g/mol. The Bertz CT molecular complexity index is 499. The molecule has 4 nitrogen and oxygen atoms in total. The highest BCUT2D eigenvalue weighted by atomic mass is 15.3. The number of nitriles is 1. The van der Waals surface area contributed by atoms with Crippen molar-refractivity contribution in [3.05, 3.63) is 18.0 Å². The molecule has 86 valence electrons. The normalized spacial score (nSPS) is 34.3. The lowest BCUT2D eigenvalue weighted by atomic mass is 10.1. The van der Waals surface area contributed by atoms with Gasteiger partial charge in [0.2, 0.25) is 5.95 Å². The molecule has 2 atom stereocenters. The quantitative estimate of drug-likeness (QED) is 0.770. The molecule has 0 bridgehead atoms. The van der Waals surface area contributed by atoms with Crippen LogP contribution in [0.5, 0.6) is 0 Å². The molecule has 3 fully saturated rings. The van der Waals surface area contributed by atoms with E-state index in [-0.39, 0.29) is 5.41 Å². The van der Waals surface area contributed by atoms with E-state index in [1.54, 1.807) is 0 Å². The summed E-state index contributed by atoms with van der Waals surface area (Å²) in [4.78, 5) is 11.1. The van der Waals surface area contributed by atoms with E-state index in [0.717, 1.165) is 25.5 Å². The molecule has 4 rings (SSSR count). The number of fused-ring (bicyclic) bond motifs is 1. The van der Waals surface area contributed by atoms with Crippen LogP contribution < -0.4 is 4.90 Å². The lowest BCUT2D eigenvalue weighted by molar-refractivity contribution is 0.687. The predicted molar refractivity (Wildman–Crippen MR) is 62.4 cm³/mol. The topological polar surface area (TPSA) is 52.8 Å². The second-order valence-corrected chi connectivity index (χ2v) is 5.64. The Balaban J connectivity index is 1.54. The van der Waals surface area contributed by atoms with Crippen molar-refractivity contribution in [2.75, 3.05) is 18.0 Å². The van der Waals surface area contributed by atoms with Crippen molar-refractivity contribution in [3.8, 4) is 6.07 Å². The zero-order valence-corrected chi connectivity index (χ0v) is 9.63. The molecule has 0 aromatic carbocycles. The van der Waals surface area contributed by atoms with Gasteiger partial charge in [-0.3, -0.25) is 0 Å². The lowest BCUT2D eigenvalue weighted by Gasteiger charge is -2.18. The number of rotatable bonds is 2. The number of anilines is 1. The van der Waals surface area contributed by atoms with Crippen molar-refractivity contribution in [2.24, 2.45) is 11.3 Å². The first-order valence-corrected chi connectivity index (χ1v) is 6.29. The van der Waals surface area contributed by atoms with Gasteiger partial charge in [0.1, 0.15) is 0 Å². The van der Waals surface area contributed by atoms with Gasteiger partial charge in [0.05, 0.1) is 11.5 Å². The smallest absolute Gasteiger partial charge is 0.225 e. The summed E-state index contributed by atoms with van der Waals surface area (Å²) in [5.41, 5.74) is 1.20. The third-order valence-corrected chi connectivity index (χ3v) is 4.36. The Morgan fingerprint density at radius 1 is 1.35 bits per heavy atom. The SMILES string of the molecule is N#CC12CC1CN(c1ncc(C3CC3)cn1)C2. The molecule has 0 amide bonds. The summed E-state index contributed by atoms with van der Waals surface area (Å²) in [5, 5.41) is 9.14. The van der Waals surface area contributed by atoms with Crippen molar-refractivity contribution >= 4 is 5.95 Å². The van der Waals surface area contributed by atoms with Crippen molar-refractivity contribution in [2.45, 2.75) is 25.2 Å². The number of hydrogen-bond acceptors (Lipinski definition) is 4. The van der Waals surface area contributed by atoms with Gasteiger partial charge in [-0.15, -0.1) is 0 Å². The van der Waals surface area contributed by atoms with Crippen LogP contribution in [0.1, 0.15) is 30.7 Å². The van der Waals surface area contributed by atoms with Crippen molar-refractivity contribution in [1.82, 2.24) is 9.97 Å². The predicted octanol–water partition coefficient (Wildman–Crippen LogP) is 1.70. The highest BCUT2D eigenvalue weighted by molar-refractivity contribution is 5.40. The molecular weight excluding hydrogens is 212 g/mol. The lowest BCUT2D eigenvalue weighted by Crippen LogP contribution is -2.26. The van der Waals surface area contributed by atoms with Crippen molar-refractivity contribution < 1.29 is 0 Å². The molecule has 3 aliphatic rings. The van der Waals surface area contributed by atoms with Crippen LogP contribution in [0.15, 0.2) is 12.4 Å². The summed E-state index contributed by atoms with van der Waals surface area (Å²) >= 11 is 0. The summed E-state index contributed by atoms with van der Waals surface area (Å²) in [5.74, 6) is 2.07. The largest absolute Gasteiger partial charge is 0.339 e. The Kier molecular flexibility index (Phi) is 1.65. The minimum Gasteiger partial charge on any atom is -0.339 e. The number of hydrogen-bond donors (Lipinski definition) is 0. The van der Waals surface area contributed by atoms with Crippen LogP contribution in [0.2, 0.25) is 0 Å². The van der Waals surface area contributed by atoms with Gasteiger partial charge in [-0.2, -0.15) is 5.26 Å². The van der Waals surface area contributed by atoms with Crippen molar-refractivity contribution in [3.63, 3.8) is 0 Å². The summed E-state index contributed by atoms with van der Waals surface area (Å²) < 4.78 is 0. The molecular formula is C13H14N4. The molecule has 2 heterocycles. The molecule has 2 saturated carbocycles.